The number of nitrogens with one attached hydrogen (secondary N) is 2. The number of unbranched alkanes of at least 4 members (excludes halogenated alkanes) is 6. The summed E-state index contributed by atoms with van der Waals surface area (Å²) < 4.78 is 20.0. The van der Waals surface area contributed by atoms with Crippen LogP contribution in [0.5, 0.6) is 0 Å². The number of rotatable bonds is 18. The van der Waals surface area contributed by atoms with Gasteiger partial charge in [0.15, 0.2) is 0 Å². The van der Waals surface area contributed by atoms with Crippen molar-refractivity contribution < 1.29 is 38.1 Å². The van der Waals surface area contributed by atoms with Crippen LogP contribution in [0.15, 0.2) is 54.6 Å². The molecule has 318 valence electrons. The van der Waals surface area contributed by atoms with Crippen LogP contribution in [0.2, 0.25) is 0 Å². The average molecular weight is 836 g/mol. The zero-order valence-corrected chi connectivity index (χ0v) is 35.1. The van der Waals surface area contributed by atoms with E-state index in [4.69, 9.17) is 18.9 Å². The number of amides is 2. The lowest BCUT2D eigenvalue weighted by molar-refractivity contribution is -0.143. The van der Waals surface area contributed by atoms with Crippen LogP contribution in [-0.2, 0) is 28.5 Å². The quantitative estimate of drug-likeness (QED) is 0.0682. The van der Waals surface area contributed by atoms with Gasteiger partial charge in [0.1, 0.15) is 47.3 Å². The van der Waals surface area contributed by atoms with Gasteiger partial charge >= 0.3 is 24.1 Å². The molecule has 0 radical (unpaired) electrons. The fourth-order valence-corrected chi connectivity index (χ4v) is 4.50. The van der Waals surface area contributed by atoms with Crippen molar-refractivity contribution in [3.63, 3.8) is 0 Å². The summed E-state index contributed by atoms with van der Waals surface area (Å²) >= 11 is 0. The first-order chi connectivity index (χ1) is 30.3. The number of nitrogens with zero attached hydrogens (tertiary/aromatic N) is 3. The van der Waals surface area contributed by atoms with Crippen molar-refractivity contribution in [2.75, 3.05) is 39.5 Å². The number of hydrogen-bond acceptors (Lipinski definition) is 11. The van der Waals surface area contributed by atoms with E-state index in [1.54, 1.807) is 36.4 Å². The Labute approximate surface area is 364 Å². The molecular weight excluding hydrogens is 787 g/mol. The first kappa shape index (κ1) is 48.7. The van der Waals surface area contributed by atoms with Crippen molar-refractivity contribution in [2.45, 2.75) is 78.1 Å². The number of carbonyl (C=O) groups is 4. The van der Waals surface area contributed by atoms with Gasteiger partial charge in [-0.1, -0.05) is 56.7 Å². The first-order valence-electron chi connectivity index (χ1n) is 20.4. The van der Waals surface area contributed by atoms with Crippen molar-refractivity contribution in [1.29, 1.82) is 0 Å². The molecule has 0 unspecified atom stereocenters. The molecule has 0 saturated carbocycles. The molecular formula is C49H49N5O8. The standard InChI is InChI=1S/C49H49N5O8/c1-3-5-34-59-46(55)38-50-48(57)61-36-17-13-9-7-11-15-22-40-24-19-26-42(52-40)30-32-44-28-21-29-45(54-44)33-31-43-27-20-25-41(53-43)23-16-12-8-10-14-18-37-62-49(58)51-39-47(56)60-35-6-4-2/h19-21,24-29H,3-6,9-10,13-14,17-18,34-39H2,1-2H3,(H,50,57)(H,51,58). The van der Waals surface area contributed by atoms with E-state index in [9.17, 15) is 19.2 Å². The number of hydrogen-bond donors (Lipinski definition) is 2. The lowest BCUT2D eigenvalue weighted by Crippen LogP contribution is -2.31. The molecule has 3 heterocycles. The molecule has 0 saturated heterocycles. The number of alkyl carbamates (subject to hydrolysis) is 2. The highest BCUT2D eigenvalue weighted by molar-refractivity contribution is 5.78. The molecule has 0 aliphatic rings. The number of pyridine rings is 3. The normalized spacial score (nSPS) is 9.32. The minimum Gasteiger partial charge on any atom is -0.464 e. The molecule has 0 spiro atoms. The molecule has 13 heteroatoms. The van der Waals surface area contributed by atoms with E-state index in [2.05, 4.69) is 96.6 Å². The van der Waals surface area contributed by atoms with Crippen molar-refractivity contribution in [2.24, 2.45) is 0 Å². The van der Waals surface area contributed by atoms with Gasteiger partial charge in [-0.3, -0.25) is 9.59 Å². The van der Waals surface area contributed by atoms with Gasteiger partial charge in [0.25, 0.3) is 0 Å². The zero-order valence-electron chi connectivity index (χ0n) is 35.1. The van der Waals surface area contributed by atoms with Gasteiger partial charge in [0, 0.05) is 12.8 Å². The summed E-state index contributed by atoms with van der Waals surface area (Å²) in [6.07, 6.45) is 5.94. The Hall–Kier alpha value is -7.71. The lowest BCUT2D eigenvalue weighted by Gasteiger charge is -2.06. The smallest absolute Gasteiger partial charge is 0.407 e. The molecule has 2 N–H and O–H groups in total. The Morgan fingerprint density at radius 2 is 0.790 bits per heavy atom. The van der Waals surface area contributed by atoms with Crippen molar-refractivity contribution in [3.8, 4) is 71.0 Å². The Morgan fingerprint density at radius 1 is 0.452 bits per heavy atom. The summed E-state index contributed by atoms with van der Waals surface area (Å²) in [5, 5.41) is 4.74. The van der Waals surface area contributed by atoms with E-state index in [0.29, 0.717) is 73.1 Å². The van der Waals surface area contributed by atoms with Gasteiger partial charge in [-0.2, -0.15) is 0 Å². The third-order valence-corrected chi connectivity index (χ3v) is 7.70. The second-order valence-electron chi connectivity index (χ2n) is 12.9. The highest BCUT2D eigenvalue weighted by Gasteiger charge is 2.08. The van der Waals surface area contributed by atoms with Crippen LogP contribution in [0.1, 0.15) is 112 Å². The topological polar surface area (TPSA) is 168 Å². The van der Waals surface area contributed by atoms with Gasteiger partial charge < -0.3 is 29.6 Å². The molecule has 0 atom stereocenters. The molecule has 0 fully saturated rings. The molecule has 3 aromatic heterocycles. The molecule has 0 aromatic carbocycles. The van der Waals surface area contributed by atoms with Crippen molar-refractivity contribution in [1.82, 2.24) is 25.6 Å². The first-order valence-corrected chi connectivity index (χ1v) is 20.4. The van der Waals surface area contributed by atoms with Gasteiger partial charge in [0.05, 0.1) is 26.4 Å². The summed E-state index contributed by atoms with van der Waals surface area (Å²) in [4.78, 5) is 59.9. The second-order valence-corrected chi connectivity index (χ2v) is 12.9. The van der Waals surface area contributed by atoms with Gasteiger partial charge in [0.2, 0.25) is 0 Å². The Kier molecular flexibility index (Phi) is 24.5. The van der Waals surface area contributed by atoms with Crippen molar-refractivity contribution >= 4 is 24.1 Å². The Balaban J connectivity index is 1.38. The van der Waals surface area contributed by atoms with Crippen LogP contribution >= 0.6 is 0 Å². The minimum absolute atomic E-state index is 0.214. The summed E-state index contributed by atoms with van der Waals surface area (Å²) in [6.45, 7) is 4.66. The molecule has 3 aromatic rings. The molecule has 0 aliphatic heterocycles. The zero-order chi connectivity index (χ0) is 44.3. The van der Waals surface area contributed by atoms with Crippen LogP contribution < -0.4 is 10.6 Å². The van der Waals surface area contributed by atoms with Crippen molar-refractivity contribution in [3.05, 3.63) is 88.8 Å². The monoisotopic (exact) mass is 835 g/mol. The summed E-state index contributed by atoms with van der Waals surface area (Å²) in [6, 6.07) is 16.1. The fraction of sp³-hybridized carbons (Fsp3) is 0.367. The van der Waals surface area contributed by atoms with Gasteiger partial charge in [-0.15, -0.1) is 0 Å². The maximum atomic E-state index is 11.7. The Morgan fingerprint density at radius 3 is 1.15 bits per heavy atom. The maximum absolute atomic E-state index is 11.7. The SMILES string of the molecule is CCCCOC(=O)CNC(=O)OCCCCC#CC#Cc1cccc(C#Cc2cccc(C#Cc3cccc(C#CC#CCCCCOC(=O)NCC(=O)OCCCC)n3)n2)n1. The predicted octanol–water partition coefficient (Wildman–Crippen LogP) is 5.86. The molecule has 2 amide bonds. The third kappa shape index (κ3) is 23.6. The molecule has 3 rings (SSSR count). The number of carbonyl (C=O) groups excluding carboxylic acids is 4. The van der Waals surface area contributed by atoms with E-state index in [1.807, 2.05) is 32.0 Å². The maximum Gasteiger partial charge on any atom is 0.407 e. The van der Waals surface area contributed by atoms with Crippen LogP contribution in [-0.4, -0.2) is 78.6 Å². The largest absolute Gasteiger partial charge is 0.464 e. The van der Waals surface area contributed by atoms with E-state index < -0.39 is 24.1 Å². The van der Waals surface area contributed by atoms with E-state index in [0.717, 1.165) is 38.5 Å². The number of aromatic nitrogens is 3. The summed E-state index contributed by atoms with van der Waals surface area (Å²) in [5.74, 6) is 34.1. The summed E-state index contributed by atoms with van der Waals surface area (Å²) in [7, 11) is 0. The molecule has 0 aliphatic carbocycles. The Bertz CT molecular complexity index is 2180. The van der Waals surface area contributed by atoms with Crippen LogP contribution in [0.25, 0.3) is 0 Å². The van der Waals surface area contributed by atoms with Gasteiger partial charge in [-0.05, 0) is 134 Å². The molecule has 0 bridgehead atoms. The van der Waals surface area contributed by atoms with Gasteiger partial charge in [-0.25, -0.2) is 24.5 Å². The van der Waals surface area contributed by atoms with E-state index in [-0.39, 0.29) is 26.3 Å². The molecule has 62 heavy (non-hydrogen) atoms. The number of ether oxygens (including phenoxy) is 4. The highest BCUT2D eigenvalue weighted by atomic mass is 16.6. The number of esters is 2. The van der Waals surface area contributed by atoms with Crippen LogP contribution in [0.4, 0.5) is 9.59 Å². The minimum atomic E-state index is -0.660. The summed E-state index contributed by atoms with van der Waals surface area (Å²) in [5.41, 5.74) is 3.16. The van der Waals surface area contributed by atoms with E-state index >= 15 is 0 Å². The molecule has 13 nitrogen and oxygen atoms in total. The van der Waals surface area contributed by atoms with Crippen LogP contribution in [0, 0.1) is 71.0 Å². The third-order valence-electron chi connectivity index (χ3n) is 7.70. The average Bonchev–Trinajstić information content (AvgIpc) is 3.28. The van der Waals surface area contributed by atoms with E-state index in [1.165, 1.54) is 0 Å². The second kappa shape index (κ2) is 31.2. The predicted molar refractivity (Wildman–Crippen MR) is 232 cm³/mol. The van der Waals surface area contributed by atoms with Crippen LogP contribution in [0.3, 0.4) is 0 Å². The lowest BCUT2D eigenvalue weighted by atomic mass is 10.2. The highest BCUT2D eigenvalue weighted by Crippen LogP contribution is 2.02. The fourth-order valence-electron chi connectivity index (χ4n) is 4.50.